The maximum absolute atomic E-state index is 11.5. The molecule has 0 radical (unpaired) electrons. The van der Waals surface area contributed by atoms with E-state index >= 15 is 0 Å². The van der Waals surface area contributed by atoms with Gasteiger partial charge >= 0.3 is 0 Å². The van der Waals surface area contributed by atoms with Gasteiger partial charge in [-0.1, -0.05) is 0 Å². The van der Waals surface area contributed by atoms with Crippen molar-refractivity contribution in [2.24, 2.45) is 5.92 Å². The lowest BCUT2D eigenvalue weighted by Gasteiger charge is -1.96. The molecule has 0 atom stereocenters. The van der Waals surface area contributed by atoms with Crippen LogP contribution in [-0.4, -0.2) is 20.5 Å². The molecule has 2 aromatic rings. The number of nitrogens with one attached hydrogen (secondary N) is 1. The van der Waals surface area contributed by atoms with Crippen LogP contribution in [0.15, 0.2) is 23.4 Å². The molecule has 0 aromatic carbocycles. The molecule has 1 N–H and O–H groups in total. The molecule has 0 unspecified atom stereocenters. The van der Waals surface area contributed by atoms with E-state index in [1.165, 1.54) is 0 Å². The van der Waals surface area contributed by atoms with Gasteiger partial charge in [-0.05, 0) is 25.0 Å². The molecule has 0 aliphatic heterocycles. The molecule has 3 rings (SSSR count). The van der Waals surface area contributed by atoms with Crippen molar-refractivity contribution in [1.29, 1.82) is 0 Å². The third-order valence-electron chi connectivity index (χ3n) is 2.51. The lowest BCUT2D eigenvalue weighted by Crippen LogP contribution is -2.13. The Morgan fingerprint density at radius 1 is 1.50 bits per heavy atom. The molecule has 16 heavy (non-hydrogen) atoms. The first-order valence-corrected chi connectivity index (χ1v) is 5.53. The van der Waals surface area contributed by atoms with Crippen molar-refractivity contribution in [3.63, 3.8) is 0 Å². The summed E-state index contributed by atoms with van der Waals surface area (Å²) in [5.74, 6) is 0.774. The molecule has 2 heterocycles. The number of hydrogen-bond acceptors (Lipinski definition) is 4. The first-order valence-electron chi connectivity index (χ1n) is 5.08. The highest BCUT2D eigenvalue weighted by molar-refractivity contribution is 7.80. The van der Waals surface area contributed by atoms with Gasteiger partial charge in [0.2, 0.25) is 5.91 Å². The van der Waals surface area contributed by atoms with E-state index in [1.54, 1.807) is 16.8 Å². The Kier molecular flexibility index (Phi) is 2.10. The number of aromatic nitrogens is 3. The van der Waals surface area contributed by atoms with Gasteiger partial charge in [0.1, 0.15) is 5.03 Å². The van der Waals surface area contributed by atoms with Crippen LogP contribution in [0.5, 0.6) is 0 Å². The Morgan fingerprint density at radius 2 is 2.31 bits per heavy atom. The number of amides is 1. The second-order valence-electron chi connectivity index (χ2n) is 3.88. The fourth-order valence-electron chi connectivity index (χ4n) is 1.51. The van der Waals surface area contributed by atoms with Crippen LogP contribution in [0.4, 0.5) is 5.82 Å². The van der Waals surface area contributed by atoms with Crippen LogP contribution >= 0.6 is 12.6 Å². The van der Waals surface area contributed by atoms with Gasteiger partial charge in [0.15, 0.2) is 11.5 Å². The summed E-state index contributed by atoms with van der Waals surface area (Å²) in [4.78, 5) is 15.8. The predicted molar refractivity (Wildman–Crippen MR) is 61.6 cm³/mol. The highest BCUT2D eigenvalue weighted by Gasteiger charge is 2.29. The Morgan fingerprint density at radius 3 is 3.06 bits per heavy atom. The number of thiol groups is 1. The van der Waals surface area contributed by atoms with E-state index in [2.05, 4.69) is 28.0 Å². The molecule has 0 spiro atoms. The van der Waals surface area contributed by atoms with E-state index in [0.717, 1.165) is 12.8 Å². The summed E-state index contributed by atoms with van der Waals surface area (Å²) in [6, 6.07) is 3.57. The summed E-state index contributed by atoms with van der Waals surface area (Å²) < 4.78 is 1.60. The smallest absolute Gasteiger partial charge is 0.228 e. The zero-order chi connectivity index (χ0) is 11.1. The van der Waals surface area contributed by atoms with Gasteiger partial charge in [0.05, 0.1) is 6.20 Å². The van der Waals surface area contributed by atoms with Crippen LogP contribution in [0.2, 0.25) is 0 Å². The molecule has 0 saturated heterocycles. The number of anilines is 1. The van der Waals surface area contributed by atoms with Gasteiger partial charge in [-0.3, -0.25) is 4.79 Å². The van der Waals surface area contributed by atoms with Crippen LogP contribution in [0.25, 0.3) is 5.65 Å². The zero-order valence-electron chi connectivity index (χ0n) is 8.42. The van der Waals surface area contributed by atoms with Gasteiger partial charge in [-0.15, -0.1) is 12.6 Å². The normalized spacial score (nSPS) is 15.3. The summed E-state index contributed by atoms with van der Waals surface area (Å²) in [6.07, 6.45) is 3.66. The van der Waals surface area contributed by atoms with Crippen molar-refractivity contribution in [3.05, 3.63) is 18.3 Å². The van der Waals surface area contributed by atoms with Gasteiger partial charge in [0, 0.05) is 5.92 Å². The molecule has 2 aromatic heterocycles. The molecule has 1 aliphatic carbocycles. The van der Waals surface area contributed by atoms with E-state index in [1.807, 2.05) is 6.07 Å². The van der Waals surface area contributed by atoms with E-state index in [4.69, 9.17) is 0 Å². The standard InChI is InChI=1S/C10H10N4OS/c15-10(6-1-2-6)12-7-5-14-8(11-7)3-4-9(16)13-14/h3-6H,1-2H2,(H,12,15)(H,13,16). The average molecular weight is 234 g/mol. The molecular weight excluding hydrogens is 224 g/mol. The summed E-state index contributed by atoms with van der Waals surface area (Å²) >= 11 is 4.14. The van der Waals surface area contributed by atoms with Gasteiger partial charge in [-0.2, -0.15) is 5.10 Å². The van der Waals surface area contributed by atoms with Crippen molar-refractivity contribution in [1.82, 2.24) is 14.6 Å². The molecule has 1 fully saturated rings. The largest absolute Gasteiger partial charge is 0.309 e. The third-order valence-corrected chi connectivity index (χ3v) is 2.74. The monoisotopic (exact) mass is 234 g/mol. The number of carbonyl (C=O) groups is 1. The van der Waals surface area contributed by atoms with Crippen molar-refractivity contribution in [2.75, 3.05) is 5.32 Å². The number of imidazole rings is 1. The first-order chi connectivity index (χ1) is 7.72. The van der Waals surface area contributed by atoms with E-state index in [9.17, 15) is 4.79 Å². The maximum atomic E-state index is 11.5. The number of fused-ring (bicyclic) bond motifs is 1. The highest BCUT2D eigenvalue weighted by atomic mass is 32.1. The molecule has 0 bridgehead atoms. The Labute approximate surface area is 97.3 Å². The maximum Gasteiger partial charge on any atom is 0.228 e. The minimum Gasteiger partial charge on any atom is -0.309 e. The van der Waals surface area contributed by atoms with Crippen LogP contribution < -0.4 is 5.32 Å². The second kappa shape index (κ2) is 3.48. The first kappa shape index (κ1) is 9.65. The SMILES string of the molecule is O=C(Nc1cn2nc(S)ccc2n1)C1CC1. The van der Waals surface area contributed by atoms with Crippen LogP contribution in [0.1, 0.15) is 12.8 Å². The molecule has 82 valence electrons. The van der Waals surface area contributed by atoms with E-state index in [0.29, 0.717) is 16.5 Å². The molecule has 1 aliphatic rings. The molecule has 6 heteroatoms. The van der Waals surface area contributed by atoms with Crippen molar-refractivity contribution >= 4 is 30.0 Å². The van der Waals surface area contributed by atoms with Crippen molar-refractivity contribution in [2.45, 2.75) is 17.9 Å². The van der Waals surface area contributed by atoms with E-state index < -0.39 is 0 Å². The molecule has 5 nitrogen and oxygen atoms in total. The molecule has 1 saturated carbocycles. The minimum absolute atomic E-state index is 0.0505. The number of carbonyl (C=O) groups excluding carboxylic acids is 1. The van der Waals surface area contributed by atoms with Gasteiger partial charge < -0.3 is 5.32 Å². The predicted octanol–water partition coefficient (Wildman–Crippen LogP) is 1.37. The fourth-order valence-corrected chi connectivity index (χ4v) is 1.68. The Hall–Kier alpha value is -1.56. The Balaban J connectivity index is 1.89. The van der Waals surface area contributed by atoms with Crippen LogP contribution in [-0.2, 0) is 4.79 Å². The number of rotatable bonds is 2. The molecule has 1 amide bonds. The Bertz CT molecular complexity index is 561. The van der Waals surface area contributed by atoms with Gasteiger partial charge in [0.25, 0.3) is 0 Å². The second-order valence-corrected chi connectivity index (χ2v) is 4.34. The summed E-state index contributed by atoms with van der Waals surface area (Å²) in [5, 5.41) is 7.52. The summed E-state index contributed by atoms with van der Waals surface area (Å²) in [7, 11) is 0. The van der Waals surface area contributed by atoms with Crippen molar-refractivity contribution in [3.8, 4) is 0 Å². The number of hydrogen-bond donors (Lipinski definition) is 2. The van der Waals surface area contributed by atoms with Crippen LogP contribution in [0, 0.1) is 5.92 Å². The van der Waals surface area contributed by atoms with Gasteiger partial charge in [-0.25, -0.2) is 9.50 Å². The third kappa shape index (κ3) is 1.76. The highest BCUT2D eigenvalue weighted by Crippen LogP contribution is 2.30. The summed E-state index contributed by atoms with van der Waals surface area (Å²) in [6.45, 7) is 0. The summed E-state index contributed by atoms with van der Waals surface area (Å²) in [5.41, 5.74) is 0.698. The van der Waals surface area contributed by atoms with E-state index in [-0.39, 0.29) is 11.8 Å². The lowest BCUT2D eigenvalue weighted by atomic mass is 10.4. The van der Waals surface area contributed by atoms with Crippen molar-refractivity contribution < 1.29 is 4.79 Å². The lowest BCUT2D eigenvalue weighted by molar-refractivity contribution is -0.117. The minimum atomic E-state index is 0.0505. The van der Waals surface area contributed by atoms with Crippen LogP contribution in [0.3, 0.4) is 0 Å². The number of nitrogens with zero attached hydrogens (tertiary/aromatic N) is 3. The quantitative estimate of drug-likeness (QED) is 0.771. The fraction of sp³-hybridized carbons (Fsp3) is 0.300. The average Bonchev–Trinajstić information content (AvgIpc) is 3.00. The topological polar surface area (TPSA) is 59.3 Å². The molecular formula is C10H10N4OS. The zero-order valence-corrected chi connectivity index (χ0v) is 9.32.